The Hall–Kier alpha value is -3.91. The Labute approximate surface area is 203 Å². The standard InChI is InChI=1S/C27H28N2O6/c1-17(2)35-14-13-28-16-21(22(18-9-5-3-6-10-18)19-11-7-4-8-12-19)29-15-20(27(33)34)24(30)25(31)23(29)26(28)32/h3-12,15,17,21-22,31H,13-14,16H2,1-2H3,(H,33,34). The summed E-state index contributed by atoms with van der Waals surface area (Å²) in [6, 6.07) is 18.9. The number of carbonyl (C=O) groups is 2. The summed E-state index contributed by atoms with van der Waals surface area (Å²) in [6.07, 6.45) is 1.16. The molecule has 0 fully saturated rings. The smallest absolute Gasteiger partial charge is 0.341 e. The summed E-state index contributed by atoms with van der Waals surface area (Å²) in [7, 11) is 0. The summed E-state index contributed by atoms with van der Waals surface area (Å²) in [5.74, 6) is -3.15. The van der Waals surface area contributed by atoms with Gasteiger partial charge in [0.15, 0.2) is 11.4 Å². The predicted molar refractivity (Wildman–Crippen MR) is 130 cm³/mol. The molecule has 0 saturated heterocycles. The zero-order chi connectivity index (χ0) is 25.1. The average molecular weight is 477 g/mol. The van der Waals surface area contributed by atoms with Crippen LogP contribution in [0.4, 0.5) is 0 Å². The summed E-state index contributed by atoms with van der Waals surface area (Å²) in [5, 5.41) is 20.3. The van der Waals surface area contributed by atoms with Gasteiger partial charge in [0.1, 0.15) is 5.56 Å². The number of benzene rings is 2. The lowest BCUT2D eigenvalue weighted by atomic mass is 9.83. The molecule has 1 aromatic heterocycles. The van der Waals surface area contributed by atoms with Crippen LogP contribution in [0.3, 0.4) is 0 Å². The maximum absolute atomic E-state index is 13.4. The molecular formula is C27H28N2O6. The van der Waals surface area contributed by atoms with Gasteiger partial charge in [-0.1, -0.05) is 60.7 Å². The summed E-state index contributed by atoms with van der Waals surface area (Å²) in [5.41, 5.74) is 0.0418. The molecular weight excluding hydrogens is 448 g/mol. The zero-order valence-electron chi connectivity index (χ0n) is 19.6. The van der Waals surface area contributed by atoms with Crippen LogP contribution in [0.5, 0.6) is 5.75 Å². The molecule has 1 unspecified atom stereocenters. The molecule has 8 nitrogen and oxygen atoms in total. The van der Waals surface area contributed by atoms with Crippen molar-refractivity contribution in [1.82, 2.24) is 9.47 Å². The third-order valence-corrected chi connectivity index (χ3v) is 6.21. The molecule has 2 heterocycles. The van der Waals surface area contributed by atoms with E-state index in [2.05, 4.69) is 0 Å². The Balaban J connectivity index is 1.91. The van der Waals surface area contributed by atoms with Gasteiger partial charge >= 0.3 is 5.97 Å². The molecule has 0 spiro atoms. The Morgan fingerprint density at radius 1 is 1.03 bits per heavy atom. The van der Waals surface area contributed by atoms with Gasteiger partial charge in [-0.2, -0.15) is 0 Å². The minimum Gasteiger partial charge on any atom is -0.503 e. The molecule has 1 amide bonds. The van der Waals surface area contributed by atoms with Crippen molar-refractivity contribution >= 4 is 11.9 Å². The fourth-order valence-corrected chi connectivity index (χ4v) is 4.61. The van der Waals surface area contributed by atoms with E-state index < -0.39 is 34.7 Å². The lowest BCUT2D eigenvalue weighted by molar-refractivity contribution is 0.0394. The van der Waals surface area contributed by atoms with E-state index in [1.54, 1.807) is 4.90 Å². The van der Waals surface area contributed by atoms with E-state index in [0.29, 0.717) is 0 Å². The van der Waals surface area contributed by atoms with Gasteiger partial charge in [0.25, 0.3) is 5.91 Å². The van der Waals surface area contributed by atoms with Crippen LogP contribution in [0, 0.1) is 0 Å². The highest BCUT2D eigenvalue weighted by atomic mass is 16.5. The van der Waals surface area contributed by atoms with Crippen molar-refractivity contribution in [3.63, 3.8) is 0 Å². The second-order valence-corrected chi connectivity index (χ2v) is 8.82. The summed E-state index contributed by atoms with van der Waals surface area (Å²) >= 11 is 0. The summed E-state index contributed by atoms with van der Waals surface area (Å²) in [6.45, 7) is 4.59. The van der Waals surface area contributed by atoms with Crippen molar-refractivity contribution in [3.05, 3.63) is 99.5 Å². The van der Waals surface area contributed by atoms with Crippen molar-refractivity contribution in [3.8, 4) is 5.75 Å². The van der Waals surface area contributed by atoms with Gasteiger partial charge in [0.05, 0.1) is 18.8 Å². The number of aromatic carboxylic acids is 1. The number of hydrogen-bond acceptors (Lipinski definition) is 5. The molecule has 35 heavy (non-hydrogen) atoms. The average Bonchev–Trinajstić information content (AvgIpc) is 2.84. The van der Waals surface area contributed by atoms with Crippen LogP contribution in [-0.2, 0) is 4.74 Å². The third-order valence-electron chi connectivity index (χ3n) is 6.21. The molecule has 8 heteroatoms. The number of nitrogens with zero attached hydrogens (tertiary/aromatic N) is 2. The van der Waals surface area contributed by atoms with E-state index in [1.807, 2.05) is 74.5 Å². The fourth-order valence-electron chi connectivity index (χ4n) is 4.61. The van der Waals surface area contributed by atoms with Crippen LogP contribution in [0.25, 0.3) is 0 Å². The first-order valence-corrected chi connectivity index (χ1v) is 11.5. The first kappa shape index (κ1) is 24.2. The van der Waals surface area contributed by atoms with Gasteiger partial charge in [-0.15, -0.1) is 0 Å². The van der Waals surface area contributed by atoms with Crippen molar-refractivity contribution in [2.75, 3.05) is 19.7 Å². The molecule has 4 rings (SSSR count). The van der Waals surface area contributed by atoms with Crippen molar-refractivity contribution in [2.45, 2.75) is 31.9 Å². The number of amides is 1. The monoisotopic (exact) mass is 476 g/mol. The summed E-state index contributed by atoms with van der Waals surface area (Å²) in [4.78, 5) is 39.4. The molecule has 0 bridgehead atoms. The maximum Gasteiger partial charge on any atom is 0.341 e. The second kappa shape index (κ2) is 10.1. The van der Waals surface area contributed by atoms with E-state index in [0.717, 1.165) is 11.1 Å². The van der Waals surface area contributed by atoms with Crippen molar-refractivity contribution in [2.24, 2.45) is 0 Å². The fraction of sp³-hybridized carbons (Fsp3) is 0.296. The summed E-state index contributed by atoms with van der Waals surface area (Å²) < 4.78 is 7.11. The Kier molecular flexibility index (Phi) is 7.02. The van der Waals surface area contributed by atoms with Gasteiger partial charge in [-0.25, -0.2) is 4.79 Å². The van der Waals surface area contributed by atoms with Crippen LogP contribution < -0.4 is 5.43 Å². The lowest BCUT2D eigenvalue weighted by Crippen LogP contribution is -2.47. The topological polar surface area (TPSA) is 109 Å². The molecule has 1 aliphatic heterocycles. The zero-order valence-corrected chi connectivity index (χ0v) is 19.6. The second-order valence-electron chi connectivity index (χ2n) is 8.82. The van der Waals surface area contributed by atoms with Crippen LogP contribution in [0.1, 0.15) is 57.8 Å². The number of carbonyl (C=O) groups excluding carboxylic acids is 1. The molecule has 0 saturated carbocycles. The van der Waals surface area contributed by atoms with Gasteiger partial charge in [0, 0.05) is 25.2 Å². The number of pyridine rings is 1. The highest BCUT2D eigenvalue weighted by Crippen LogP contribution is 2.40. The number of carboxylic acids is 1. The number of carboxylic acid groups (broad SMARTS) is 1. The Morgan fingerprint density at radius 3 is 2.11 bits per heavy atom. The molecule has 2 aromatic carbocycles. The first-order chi connectivity index (χ1) is 16.8. The number of aromatic hydroxyl groups is 1. The molecule has 3 aromatic rings. The quantitative estimate of drug-likeness (QED) is 0.515. The first-order valence-electron chi connectivity index (χ1n) is 11.5. The van der Waals surface area contributed by atoms with E-state index in [-0.39, 0.29) is 37.4 Å². The largest absolute Gasteiger partial charge is 0.503 e. The highest BCUT2D eigenvalue weighted by Gasteiger charge is 2.39. The van der Waals surface area contributed by atoms with Crippen LogP contribution in [0.2, 0.25) is 0 Å². The lowest BCUT2D eigenvalue weighted by Gasteiger charge is -2.40. The highest BCUT2D eigenvalue weighted by molar-refractivity contribution is 5.97. The number of hydrogen-bond donors (Lipinski definition) is 2. The number of ether oxygens (including phenoxy) is 1. The number of fused-ring (bicyclic) bond motifs is 1. The van der Waals surface area contributed by atoms with E-state index in [4.69, 9.17) is 4.74 Å². The van der Waals surface area contributed by atoms with Crippen LogP contribution >= 0.6 is 0 Å². The Bertz CT molecular complexity index is 1230. The van der Waals surface area contributed by atoms with E-state index >= 15 is 0 Å². The maximum atomic E-state index is 13.4. The SMILES string of the molecule is CC(C)OCCN1CC(C(c2ccccc2)c2ccccc2)n2cc(C(=O)O)c(=O)c(O)c2C1=O. The molecule has 0 radical (unpaired) electrons. The molecule has 2 N–H and O–H groups in total. The normalized spacial score (nSPS) is 15.5. The molecule has 0 aliphatic carbocycles. The number of rotatable bonds is 8. The third kappa shape index (κ3) is 4.83. The number of aromatic nitrogens is 1. The minimum absolute atomic E-state index is 0.0199. The minimum atomic E-state index is -1.46. The Morgan fingerprint density at radius 2 is 1.60 bits per heavy atom. The molecule has 1 aliphatic rings. The van der Waals surface area contributed by atoms with Crippen LogP contribution in [-0.4, -0.2) is 57.4 Å². The van der Waals surface area contributed by atoms with Gasteiger partial charge < -0.3 is 24.4 Å². The van der Waals surface area contributed by atoms with Gasteiger partial charge in [-0.05, 0) is 25.0 Å². The molecule has 182 valence electrons. The van der Waals surface area contributed by atoms with Crippen molar-refractivity contribution < 1.29 is 24.5 Å². The predicted octanol–water partition coefficient (Wildman–Crippen LogP) is 3.51. The van der Waals surface area contributed by atoms with Crippen LogP contribution in [0.15, 0.2) is 71.7 Å². The van der Waals surface area contributed by atoms with Gasteiger partial charge in [-0.3, -0.25) is 9.59 Å². The van der Waals surface area contributed by atoms with Gasteiger partial charge in [0.2, 0.25) is 5.43 Å². The van der Waals surface area contributed by atoms with E-state index in [1.165, 1.54) is 10.8 Å². The van der Waals surface area contributed by atoms with Crippen molar-refractivity contribution in [1.29, 1.82) is 0 Å². The van der Waals surface area contributed by atoms with E-state index in [9.17, 15) is 24.6 Å². The molecule has 1 atom stereocenters.